The van der Waals surface area contributed by atoms with Crippen LogP contribution in [0.5, 0.6) is 0 Å². The molecule has 154 valence electrons. The van der Waals surface area contributed by atoms with Gasteiger partial charge in [0.25, 0.3) is 0 Å². The van der Waals surface area contributed by atoms with Crippen LogP contribution in [0, 0.1) is 0 Å². The van der Waals surface area contributed by atoms with E-state index >= 15 is 0 Å². The van der Waals surface area contributed by atoms with Crippen LogP contribution in [0.25, 0.3) is 0 Å². The summed E-state index contributed by atoms with van der Waals surface area (Å²) in [6, 6.07) is 12.0. The normalized spacial score (nSPS) is 15.7. The third kappa shape index (κ3) is 4.34. The number of hydrogen-bond acceptors (Lipinski definition) is 6. The van der Waals surface area contributed by atoms with E-state index in [9.17, 15) is 16.8 Å². The van der Waals surface area contributed by atoms with Gasteiger partial charge in [-0.05, 0) is 71.8 Å². The average molecular weight is 468 g/mol. The quantitative estimate of drug-likeness (QED) is 0.565. The zero-order valence-corrected chi connectivity index (χ0v) is 18.8. The smallest absolute Gasteiger partial charge is 0.222 e. The van der Waals surface area contributed by atoms with Crippen LogP contribution in [0.2, 0.25) is 0 Å². The van der Waals surface area contributed by atoms with Crippen molar-refractivity contribution in [1.29, 1.82) is 0 Å². The summed E-state index contributed by atoms with van der Waals surface area (Å²) in [5.74, 6) is 0. The predicted molar refractivity (Wildman–Crippen MR) is 117 cm³/mol. The topological polar surface area (TPSA) is 80.3 Å². The minimum atomic E-state index is -3.82. The minimum Gasteiger partial charge on any atom is -0.222 e. The van der Waals surface area contributed by atoms with Crippen molar-refractivity contribution < 1.29 is 16.8 Å². The fraction of sp³-hybridized carbons (Fsp3) is 0.300. The Labute approximate surface area is 179 Å². The van der Waals surface area contributed by atoms with Gasteiger partial charge in [-0.25, -0.2) is 21.6 Å². The highest BCUT2D eigenvalue weighted by molar-refractivity contribution is 7.94. The summed E-state index contributed by atoms with van der Waals surface area (Å²) in [6.07, 6.45) is 4.04. The lowest BCUT2D eigenvalue weighted by Gasteiger charge is -2.18. The van der Waals surface area contributed by atoms with Crippen molar-refractivity contribution in [3.8, 4) is 0 Å². The van der Waals surface area contributed by atoms with Gasteiger partial charge in [0.1, 0.15) is 9.46 Å². The van der Waals surface area contributed by atoms with E-state index in [2.05, 4.69) is 4.72 Å². The van der Waals surface area contributed by atoms with Crippen molar-refractivity contribution in [3.05, 3.63) is 69.2 Å². The maximum atomic E-state index is 13.1. The first-order chi connectivity index (χ1) is 13.9. The molecule has 2 heterocycles. The van der Waals surface area contributed by atoms with Gasteiger partial charge in [-0.15, -0.1) is 22.7 Å². The molecule has 1 N–H and O–H groups in total. The van der Waals surface area contributed by atoms with Gasteiger partial charge in [-0.2, -0.15) is 0 Å². The maximum absolute atomic E-state index is 13.1. The maximum Gasteiger partial charge on any atom is 0.240 e. The molecule has 0 fully saturated rings. The molecule has 5 nitrogen and oxygen atoms in total. The van der Waals surface area contributed by atoms with E-state index in [0.717, 1.165) is 42.6 Å². The molecule has 0 saturated heterocycles. The van der Waals surface area contributed by atoms with Gasteiger partial charge in [0.2, 0.25) is 10.0 Å². The van der Waals surface area contributed by atoms with Crippen molar-refractivity contribution >= 4 is 42.5 Å². The second kappa shape index (κ2) is 8.31. The molecule has 0 aliphatic heterocycles. The molecular formula is C20H21NO4S4. The Kier molecular flexibility index (Phi) is 5.94. The van der Waals surface area contributed by atoms with Crippen LogP contribution in [0.4, 0.5) is 0 Å². The number of thiophene rings is 2. The molecule has 0 spiro atoms. The van der Waals surface area contributed by atoms with E-state index in [-0.39, 0.29) is 15.6 Å². The van der Waals surface area contributed by atoms with Gasteiger partial charge < -0.3 is 0 Å². The summed E-state index contributed by atoms with van der Waals surface area (Å²) >= 11 is 2.45. The highest BCUT2D eigenvalue weighted by Crippen LogP contribution is 2.34. The molecule has 29 heavy (non-hydrogen) atoms. The first kappa shape index (κ1) is 20.7. The summed E-state index contributed by atoms with van der Waals surface area (Å²) in [7, 11) is -7.51. The Bertz CT molecular complexity index is 1180. The van der Waals surface area contributed by atoms with Crippen molar-refractivity contribution in [2.45, 2.75) is 40.0 Å². The zero-order valence-electron chi connectivity index (χ0n) is 15.6. The van der Waals surface area contributed by atoms with Gasteiger partial charge in [0.15, 0.2) is 9.84 Å². The van der Waals surface area contributed by atoms with E-state index in [1.807, 2.05) is 6.07 Å². The van der Waals surface area contributed by atoms with E-state index in [4.69, 9.17) is 0 Å². The largest absolute Gasteiger partial charge is 0.240 e. The Hall–Kier alpha value is -1.52. The molecule has 2 aromatic heterocycles. The number of benzene rings is 1. The molecule has 0 amide bonds. The second-order valence-electron chi connectivity index (χ2n) is 6.97. The van der Waals surface area contributed by atoms with E-state index < -0.39 is 25.1 Å². The third-order valence-corrected chi connectivity index (χ3v) is 11.2. The van der Waals surface area contributed by atoms with Gasteiger partial charge in [0.05, 0.1) is 4.90 Å². The highest BCUT2D eigenvalue weighted by Gasteiger charge is 2.32. The molecule has 0 radical (unpaired) electrons. The van der Waals surface area contributed by atoms with Crippen molar-refractivity contribution in [2.24, 2.45) is 0 Å². The fourth-order valence-electron chi connectivity index (χ4n) is 3.55. The van der Waals surface area contributed by atoms with Crippen LogP contribution in [-0.2, 0) is 32.7 Å². The Morgan fingerprint density at radius 2 is 1.62 bits per heavy atom. The van der Waals surface area contributed by atoms with E-state index in [1.165, 1.54) is 16.9 Å². The lowest BCUT2D eigenvalue weighted by molar-refractivity contribution is 0.570. The monoisotopic (exact) mass is 467 g/mol. The summed E-state index contributed by atoms with van der Waals surface area (Å²) in [4.78, 5) is 0.808. The zero-order chi connectivity index (χ0) is 20.5. The molecule has 1 atom stereocenters. The lowest BCUT2D eigenvalue weighted by atomic mass is 9.92. The van der Waals surface area contributed by atoms with Gasteiger partial charge in [0, 0.05) is 11.4 Å². The van der Waals surface area contributed by atoms with Gasteiger partial charge in [-0.3, -0.25) is 0 Å². The standard InChI is InChI=1S/C20H21NO4S4/c22-28(23,20-8-4-12-27-20)19(18-7-3-11-26-18)14-21-29(24,25)17-10-9-15-5-1-2-6-16(15)13-17/h3-4,7-13,19,21H,1-2,5-6,14H2. The minimum absolute atomic E-state index is 0.191. The first-order valence-corrected chi connectivity index (χ1v) is 14.1. The van der Waals surface area contributed by atoms with Gasteiger partial charge in [-0.1, -0.05) is 18.2 Å². The van der Waals surface area contributed by atoms with Crippen LogP contribution in [0.15, 0.2) is 62.3 Å². The van der Waals surface area contributed by atoms with Crippen molar-refractivity contribution in [2.75, 3.05) is 6.54 Å². The summed E-state index contributed by atoms with van der Waals surface area (Å²) in [5, 5.41) is 2.54. The van der Waals surface area contributed by atoms with Crippen molar-refractivity contribution in [3.63, 3.8) is 0 Å². The number of nitrogens with one attached hydrogen (secondary N) is 1. The molecule has 4 rings (SSSR count). The number of aryl methyl sites for hydroxylation is 2. The Balaban J connectivity index is 1.60. The first-order valence-electron chi connectivity index (χ1n) is 9.30. The molecule has 1 aliphatic carbocycles. The molecule has 3 aromatic rings. The van der Waals surface area contributed by atoms with Crippen LogP contribution in [-0.4, -0.2) is 23.4 Å². The molecule has 1 aliphatic rings. The number of sulfonamides is 1. The van der Waals surface area contributed by atoms with Crippen LogP contribution >= 0.6 is 22.7 Å². The summed E-state index contributed by atoms with van der Waals surface area (Å²) in [6.45, 7) is -0.208. The predicted octanol–water partition coefficient (Wildman–Crippen LogP) is 4.18. The number of rotatable bonds is 7. The van der Waals surface area contributed by atoms with Crippen LogP contribution in [0.1, 0.15) is 34.1 Å². The molecule has 1 unspecified atom stereocenters. The molecule has 9 heteroatoms. The molecule has 0 saturated carbocycles. The van der Waals surface area contributed by atoms with Crippen molar-refractivity contribution in [1.82, 2.24) is 4.72 Å². The van der Waals surface area contributed by atoms with Gasteiger partial charge >= 0.3 is 0 Å². The summed E-state index contributed by atoms with van der Waals surface area (Å²) in [5.41, 5.74) is 2.27. The second-order valence-corrected chi connectivity index (χ2v) is 13.0. The fourth-order valence-corrected chi connectivity index (χ4v) is 8.74. The molecule has 1 aromatic carbocycles. The Morgan fingerprint density at radius 3 is 2.31 bits per heavy atom. The third-order valence-electron chi connectivity index (χ3n) is 5.10. The number of sulfone groups is 1. The summed E-state index contributed by atoms with van der Waals surface area (Å²) < 4.78 is 54.8. The molecule has 0 bridgehead atoms. The number of hydrogen-bond donors (Lipinski definition) is 1. The van der Waals surface area contributed by atoms with Crippen LogP contribution in [0.3, 0.4) is 0 Å². The Morgan fingerprint density at radius 1 is 0.897 bits per heavy atom. The average Bonchev–Trinajstić information content (AvgIpc) is 3.42. The number of fused-ring (bicyclic) bond motifs is 1. The SMILES string of the molecule is O=S(=O)(NCC(c1cccs1)S(=O)(=O)c1cccs1)c1ccc2c(c1)CCCC2. The van der Waals surface area contributed by atoms with Crippen LogP contribution < -0.4 is 4.72 Å². The molecular weight excluding hydrogens is 446 g/mol. The van der Waals surface area contributed by atoms with E-state index in [0.29, 0.717) is 4.88 Å². The van der Waals surface area contributed by atoms with E-state index in [1.54, 1.807) is 47.2 Å². The lowest BCUT2D eigenvalue weighted by Crippen LogP contribution is -2.31. The highest BCUT2D eigenvalue weighted by atomic mass is 32.2.